The average Bonchev–Trinajstić information content (AvgIpc) is 3.12. The minimum Gasteiger partial charge on any atom is -0.370 e. The van der Waals surface area contributed by atoms with Crippen LogP contribution in [-0.2, 0) is 11.8 Å². The Labute approximate surface area is 176 Å². The lowest BCUT2D eigenvalue weighted by molar-refractivity contribution is -0.197. The molecule has 0 bridgehead atoms. The number of anilines is 1. The van der Waals surface area contributed by atoms with E-state index in [2.05, 4.69) is 20.1 Å². The number of hydrogen-bond acceptors (Lipinski definition) is 7. The van der Waals surface area contributed by atoms with E-state index in [9.17, 15) is 13.2 Å². The van der Waals surface area contributed by atoms with E-state index < -0.39 is 12.1 Å². The summed E-state index contributed by atoms with van der Waals surface area (Å²) in [7, 11) is 1.84. The SMILES string of the molecule is Cc1cnc2c(n1)nc(N1CCO[C@H](c3cnn(C)c3)C1)nc2[C@H]1C[C@@H](C(F)(F)F)C1. The fraction of sp³-hybridized carbons (Fsp3) is 0.550. The molecule has 0 N–H and O–H groups in total. The summed E-state index contributed by atoms with van der Waals surface area (Å²) in [5.41, 5.74) is 3.10. The first-order valence-corrected chi connectivity index (χ1v) is 10.2. The van der Waals surface area contributed by atoms with E-state index >= 15 is 0 Å². The number of aryl methyl sites for hydroxylation is 2. The van der Waals surface area contributed by atoms with Gasteiger partial charge in [-0.1, -0.05) is 0 Å². The van der Waals surface area contributed by atoms with Crippen LogP contribution in [0.15, 0.2) is 18.6 Å². The molecule has 1 saturated heterocycles. The predicted molar refractivity (Wildman–Crippen MR) is 105 cm³/mol. The van der Waals surface area contributed by atoms with Crippen LogP contribution in [0.2, 0.25) is 0 Å². The van der Waals surface area contributed by atoms with Gasteiger partial charge < -0.3 is 9.64 Å². The van der Waals surface area contributed by atoms with Crippen LogP contribution in [0.1, 0.15) is 41.8 Å². The van der Waals surface area contributed by atoms with Crippen molar-refractivity contribution in [2.24, 2.45) is 13.0 Å². The van der Waals surface area contributed by atoms with Crippen LogP contribution in [-0.4, -0.2) is 55.6 Å². The van der Waals surface area contributed by atoms with Crippen molar-refractivity contribution < 1.29 is 17.9 Å². The Morgan fingerprint density at radius 1 is 1.13 bits per heavy atom. The summed E-state index contributed by atoms with van der Waals surface area (Å²) in [4.78, 5) is 20.2. The smallest absolute Gasteiger partial charge is 0.370 e. The molecule has 0 amide bonds. The van der Waals surface area contributed by atoms with Crippen molar-refractivity contribution in [2.75, 3.05) is 24.6 Å². The Morgan fingerprint density at radius 2 is 1.94 bits per heavy atom. The molecule has 2 fully saturated rings. The molecule has 5 rings (SSSR count). The minimum absolute atomic E-state index is 0.0199. The maximum absolute atomic E-state index is 13.0. The molecule has 3 aromatic heterocycles. The molecule has 3 aromatic rings. The number of morpholine rings is 1. The Morgan fingerprint density at radius 3 is 2.65 bits per heavy atom. The second-order valence-electron chi connectivity index (χ2n) is 8.25. The molecular formula is C20H22F3N7O. The number of ether oxygens (including phenoxy) is 1. The molecule has 1 aliphatic heterocycles. The molecule has 0 spiro atoms. The van der Waals surface area contributed by atoms with Gasteiger partial charge in [-0.25, -0.2) is 15.0 Å². The zero-order chi connectivity index (χ0) is 21.8. The predicted octanol–water partition coefficient (Wildman–Crippen LogP) is 3.10. The van der Waals surface area contributed by atoms with Crippen molar-refractivity contribution >= 4 is 17.1 Å². The molecule has 0 radical (unpaired) electrons. The highest BCUT2D eigenvalue weighted by atomic mass is 19.4. The number of halogens is 3. The largest absolute Gasteiger partial charge is 0.391 e. The number of nitrogens with zero attached hydrogens (tertiary/aromatic N) is 7. The third kappa shape index (κ3) is 3.82. The highest BCUT2D eigenvalue weighted by Crippen LogP contribution is 2.50. The van der Waals surface area contributed by atoms with Crippen LogP contribution in [0.4, 0.5) is 19.1 Å². The minimum atomic E-state index is -4.18. The van der Waals surface area contributed by atoms with Crippen LogP contribution < -0.4 is 4.90 Å². The number of fused-ring (bicyclic) bond motifs is 1. The Hall–Kier alpha value is -2.82. The quantitative estimate of drug-likeness (QED) is 0.628. The third-order valence-corrected chi connectivity index (χ3v) is 5.98. The monoisotopic (exact) mass is 433 g/mol. The van der Waals surface area contributed by atoms with Crippen molar-refractivity contribution in [3.63, 3.8) is 0 Å². The van der Waals surface area contributed by atoms with Crippen LogP contribution in [0.5, 0.6) is 0 Å². The van der Waals surface area contributed by atoms with Gasteiger partial charge in [-0.05, 0) is 19.8 Å². The maximum Gasteiger partial charge on any atom is 0.391 e. The highest BCUT2D eigenvalue weighted by Gasteiger charge is 2.49. The summed E-state index contributed by atoms with van der Waals surface area (Å²) in [6.07, 6.45) is 0.945. The summed E-state index contributed by atoms with van der Waals surface area (Å²) < 4.78 is 46.7. The van der Waals surface area contributed by atoms with Gasteiger partial charge in [0.15, 0.2) is 5.65 Å². The average molecular weight is 433 g/mol. The third-order valence-electron chi connectivity index (χ3n) is 5.98. The van der Waals surface area contributed by atoms with Gasteiger partial charge in [-0.2, -0.15) is 23.3 Å². The second-order valence-corrected chi connectivity index (χ2v) is 8.25. The van der Waals surface area contributed by atoms with Crippen molar-refractivity contribution in [1.29, 1.82) is 0 Å². The Balaban J connectivity index is 1.47. The lowest BCUT2D eigenvalue weighted by Crippen LogP contribution is -2.40. The van der Waals surface area contributed by atoms with Gasteiger partial charge in [-0.3, -0.25) is 4.68 Å². The van der Waals surface area contributed by atoms with E-state index in [1.54, 1.807) is 17.1 Å². The van der Waals surface area contributed by atoms with Gasteiger partial charge in [0.25, 0.3) is 0 Å². The fourth-order valence-electron chi connectivity index (χ4n) is 4.18. The van der Waals surface area contributed by atoms with Crippen molar-refractivity contribution in [3.05, 3.63) is 35.5 Å². The van der Waals surface area contributed by atoms with E-state index in [1.807, 2.05) is 25.1 Å². The molecule has 164 valence electrons. The zero-order valence-electron chi connectivity index (χ0n) is 17.2. The lowest BCUT2D eigenvalue weighted by atomic mass is 9.72. The number of alkyl halides is 3. The zero-order valence-corrected chi connectivity index (χ0v) is 17.2. The standard InChI is InChI=1S/C20H22F3N7O/c1-11-7-24-17-16(12-5-14(6-12)20(21,22)23)27-19(28-18(17)26-11)30-3-4-31-15(10-30)13-8-25-29(2)9-13/h7-9,12,14-15H,3-6,10H2,1-2H3/t12-,14+,15-/m0/s1. The first-order chi connectivity index (χ1) is 14.8. The number of aromatic nitrogens is 6. The van der Waals surface area contributed by atoms with Crippen molar-refractivity contribution in [1.82, 2.24) is 29.7 Å². The normalized spacial score (nSPS) is 24.4. The maximum atomic E-state index is 13.0. The summed E-state index contributed by atoms with van der Waals surface area (Å²) in [6.45, 7) is 3.39. The number of hydrogen-bond donors (Lipinski definition) is 0. The first kappa shape index (κ1) is 20.1. The summed E-state index contributed by atoms with van der Waals surface area (Å²) in [6, 6.07) is 0. The lowest BCUT2D eigenvalue weighted by Gasteiger charge is -2.37. The topological polar surface area (TPSA) is 81.9 Å². The molecule has 1 atom stereocenters. The fourth-order valence-corrected chi connectivity index (χ4v) is 4.18. The second kappa shape index (κ2) is 7.40. The van der Waals surface area contributed by atoms with Gasteiger partial charge in [0.1, 0.15) is 11.6 Å². The molecule has 0 unspecified atom stereocenters. The van der Waals surface area contributed by atoms with Crippen LogP contribution in [0.25, 0.3) is 11.2 Å². The molecule has 1 saturated carbocycles. The van der Waals surface area contributed by atoms with E-state index in [1.165, 1.54) is 0 Å². The van der Waals surface area contributed by atoms with Gasteiger partial charge in [0, 0.05) is 37.5 Å². The van der Waals surface area contributed by atoms with E-state index in [0.717, 1.165) is 5.56 Å². The van der Waals surface area contributed by atoms with Crippen LogP contribution in [0.3, 0.4) is 0 Å². The van der Waals surface area contributed by atoms with Crippen molar-refractivity contribution in [2.45, 2.75) is 38.0 Å². The van der Waals surface area contributed by atoms with Crippen molar-refractivity contribution in [3.8, 4) is 0 Å². The van der Waals surface area contributed by atoms with Crippen LogP contribution >= 0.6 is 0 Å². The van der Waals surface area contributed by atoms with E-state index in [4.69, 9.17) is 9.72 Å². The van der Waals surface area contributed by atoms with E-state index in [-0.39, 0.29) is 24.9 Å². The van der Waals surface area contributed by atoms with E-state index in [0.29, 0.717) is 48.2 Å². The number of rotatable bonds is 3. The molecule has 31 heavy (non-hydrogen) atoms. The molecular weight excluding hydrogens is 411 g/mol. The van der Waals surface area contributed by atoms with Gasteiger partial charge in [0.05, 0.1) is 36.7 Å². The van der Waals surface area contributed by atoms with Gasteiger partial charge >= 0.3 is 6.18 Å². The molecule has 1 aliphatic carbocycles. The first-order valence-electron chi connectivity index (χ1n) is 10.2. The molecule has 8 nitrogen and oxygen atoms in total. The molecule has 2 aliphatic rings. The summed E-state index contributed by atoms with van der Waals surface area (Å²) >= 11 is 0. The molecule has 0 aromatic carbocycles. The van der Waals surface area contributed by atoms with Gasteiger partial charge in [0.2, 0.25) is 5.95 Å². The Kier molecular flexibility index (Phi) is 4.80. The van der Waals surface area contributed by atoms with Crippen LogP contribution in [0, 0.1) is 12.8 Å². The summed E-state index contributed by atoms with van der Waals surface area (Å²) in [5, 5.41) is 4.20. The van der Waals surface area contributed by atoms with Gasteiger partial charge in [-0.15, -0.1) is 0 Å². The highest BCUT2D eigenvalue weighted by molar-refractivity contribution is 5.74. The molecule has 4 heterocycles. The Bertz CT molecular complexity index is 1110. The summed E-state index contributed by atoms with van der Waals surface area (Å²) in [5.74, 6) is -1.14. The molecule has 11 heteroatoms.